The highest BCUT2D eigenvalue weighted by Crippen LogP contribution is 2.65. The van der Waals surface area contributed by atoms with Crippen molar-refractivity contribution in [1.82, 2.24) is 0 Å². The molecule has 6 nitrogen and oxygen atoms in total. The monoisotopic (exact) mass is 1890 g/mol. The molecule has 0 bridgehead atoms. The first-order valence-electron chi connectivity index (χ1n) is 54.4. The molecule has 0 N–H and O–H groups in total. The third kappa shape index (κ3) is 14.2. The van der Waals surface area contributed by atoms with E-state index < -0.39 is 5.41 Å². The Morgan fingerprint density at radius 1 is 0.264 bits per heavy atom. The average molecular weight is 1890 g/mol. The van der Waals surface area contributed by atoms with Gasteiger partial charge in [-0.1, -0.05) is 352 Å². The molecule has 1 fully saturated rings. The summed E-state index contributed by atoms with van der Waals surface area (Å²) in [5.41, 5.74) is 49.7. The van der Waals surface area contributed by atoms with Crippen LogP contribution in [0, 0.1) is 0 Å². The Labute approximate surface area is 862 Å². The molecule has 0 amide bonds. The lowest BCUT2D eigenvalue weighted by molar-refractivity contribution is 0.195. The quantitative estimate of drug-likeness (QED) is 0.113. The molecule has 8 heteroatoms. The smallest absolute Gasteiger partial charge is 0.252 e. The minimum Gasteiger partial charge on any atom is -0.334 e. The SMILES string of the molecule is CC(C)(C)c1ccc(N2c3ccc(C(C)(C)Cc4cccc(N(c5ccccc5)c5cc6c7c(c5)N(c5ccc(C(C)(C)C)cc5-c5ccccc5)c5ccc(C(C)(C)C)cc5B7c5cc7c(cc5N6c5ccc6c(c5)C(C)(C)CC6(C)C)C(C)(C)CC7(C)C)c4)cc3B3c4cc5c(cc4N(c4ccc6c(c4)C(C)(C)CC6(C)C)c4cc(N6c7ccccc7C7(C)CCCCC67C)cc2c43)C(C)(C)CC5(C)C)cc1. The molecule has 5 aliphatic heterocycles. The molecule has 0 radical (unpaired) electrons. The second-order valence-electron chi connectivity index (χ2n) is 55.2. The van der Waals surface area contributed by atoms with Gasteiger partial charge in [-0.25, -0.2) is 0 Å². The van der Waals surface area contributed by atoms with E-state index in [2.05, 4.69) is 503 Å². The summed E-state index contributed by atoms with van der Waals surface area (Å²) < 4.78 is 0. The van der Waals surface area contributed by atoms with Crippen molar-refractivity contribution < 1.29 is 0 Å². The summed E-state index contributed by atoms with van der Waals surface area (Å²) in [7, 11) is 0. The number of para-hydroxylation sites is 2. The molecule has 144 heavy (non-hydrogen) atoms. The van der Waals surface area contributed by atoms with Crippen molar-refractivity contribution in [3.8, 4) is 11.1 Å². The highest BCUT2D eigenvalue weighted by Gasteiger charge is 2.60. The molecule has 2 unspecified atom stereocenters. The first-order chi connectivity index (χ1) is 67.7. The lowest BCUT2D eigenvalue weighted by atomic mass is 9.33. The Hall–Kier alpha value is -12.0. The van der Waals surface area contributed by atoms with E-state index >= 15 is 0 Å². The number of hydrogen-bond donors (Lipinski definition) is 0. The molecule has 5 aliphatic carbocycles. The molecule has 0 spiro atoms. The van der Waals surface area contributed by atoms with Crippen LogP contribution in [0.3, 0.4) is 0 Å². The van der Waals surface area contributed by atoms with Crippen LogP contribution in [0.25, 0.3) is 11.1 Å². The minimum atomic E-state index is -0.399. The summed E-state index contributed by atoms with van der Waals surface area (Å²) in [6.45, 7) is 71.4. The van der Waals surface area contributed by atoms with E-state index in [1.54, 1.807) is 0 Å². The Morgan fingerprint density at radius 2 is 0.660 bits per heavy atom. The zero-order valence-electron chi connectivity index (χ0n) is 91.7. The van der Waals surface area contributed by atoms with Crippen LogP contribution in [-0.4, -0.2) is 19.0 Å². The zero-order valence-corrected chi connectivity index (χ0v) is 91.7. The van der Waals surface area contributed by atoms with Crippen molar-refractivity contribution in [3.05, 3.63) is 351 Å². The molecular weight excluding hydrogens is 1740 g/mol. The highest BCUT2D eigenvalue weighted by atomic mass is 15.3. The van der Waals surface area contributed by atoms with E-state index in [-0.39, 0.29) is 83.9 Å². The van der Waals surface area contributed by atoms with Gasteiger partial charge >= 0.3 is 0 Å². The molecule has 14 aromatic carbocycles. The number of benzene rings is 14. The maximum absolute atomic E-state index is 2.86. The van der Waals surface area contributed by atoms with Gasteiger partial charge in [-0.3, -0.25) is 0 Å². The topological polar surface area (TPSA) is 19.4 Å². The molecule has 0 aromatic heterocycles. The summed E-state index contributed by atoms with van der Waals surface area (Å²) >= 11 is 0. The predicted octanol–water partition coefficient (Wildman–Crippen LogP) is 33.0. The zero-order chi connectivity index (χ0) is 101. The molecular formula is C136H150B2N6. The Balaban J connectivity index is 0.722. The van der Waals surface area contributed by atoms with Gasteiger partial charge in [-0.15, -0.1) is 0 Å². The Bertz CT molecular complexity index is 7720. The number of hydrogen-bond acceptors (Lipinski definition) is 6. The highest BCUT2D eigenvalue weighted by molar-refractivity contribution is 7.01. The van der Waals surface area contributed by atoms with Gasteiger partial charge < -0.3 is 29.4 Å². The van der Waals surface area contributed by atoms with Crippen molar-refractivity contribution in [2.75, 3.05) is 29.4 Å². The standard InChI is InChI=1S/C136H150B2N6/c1-123(2,3)86-49-54-91(55-50-86)140-113-62-53-89(68-108(113)138-110-76-104-106(134(26,27)83-132(104,22)23)78-116(110)142(94-57-59-99-102(70-94)130(18,19)81-128(99,14)15)119-74-96(73-118(140)121(119)138)144-112-48-37-36-47-100(112)135(28)63-38-39-64-136(135,144)29)126(10,11)79-84-41-40-46-92(65-84)139(90-44-34-31-35-45-90)95-71-117-122-120(72-95)143(111-60-51-87(124(4,5)6)66-97(111)85-42-32-30-33-43-85)114-61-52-88(125(7,8)9)67-107(114)137(122)109-75-103-105(133(24,25)82-131(103,20)21)77-115(109)141(117)93-56-58-98-101(69-93)129(16,17)80-127(98,12)13/h30-37,40-62,65-78H,38-39,63-64,79-83H2,1-29H3. The van der Waals surface area contributed by atoms with E-state index in [1.807, 2.05) is 0 Å². The van der Waals surface area contributed by atoms with Crippen LogP contribution >= 0.6 is 0 Å². The fourth-order valence-electron chi connectivity index (χ4n) is 31.1. The summed E-state index contributed by atoms with van der Waals surface area (Å²) in [6, 6.07) is 111. The molecule has 0 saturated heterocycles. The van der Waals surface area contributed by atoms with Gasteiger partial charge in [0, 0.05) is 96.3 Å². The second-order valence-corrected chi connectivity index (χ2v) is 55.2. The van der Waals surface area contributed by atoms with Gasteiger partial charge in [0.25, 0.3) is 13.4 Å². The van der Waals surface area contributed by atoms with Crippen LogP contribution in [0.1, 0.15) is 330 Å². The average Bonchev–Trinajstić information content (AvgIpc) is 1.15. The van der Waals surface area contributed by atoms with Crippen molar-refractivity contribution >= 4 is 143 Å². The van der Waals surface area contributed by atoms with Crippen molar-refractivity contribution in [2.24, 2.45) is 0 Å². The van der Waals surface area contributed by atoms with Crippen molar-refractivity contribution in [2.45, 2.75) is 335 Å². The van der Waals surface area contributed by atoms with E-state index in [1.165, 1.54) is 209 Å². The summed E-state index contributed by atoms with van der Waals surface area (Å²) in [4.78, 5) is 16.5. The fraction of sp³-hybridized carbons (Fsp3) is 0.382. The van der Waals surface area contributed by atoms with Crippen LogP contribution in [0.5, 0.6) is 0 Å². The second kappa shape index (κ2) is 31.1. The van der Waals surface area contributed by atoms with Crippen molar-refractivity contribution in [1.29, 1.82) is 0 Å². The van der Waals surface area contributed by atoms with Gasteiger partial charge in [-0.2, -0.15) is 0 Å². The normalized spacial score (nSPS) is 20.6. The van der Waals surface area contributed by atoms with Gasteiger partial charge in [0.2, 0.25) is 0 Å². The number of fused-ring (bicyclic) bond motifs is 15. The van der Waals surface area contributed by atoms with E-state index in [9.17, 15) is 0 Å². The minimum absolute atomic E-state index is 0.0101. The molecule has 2 atom stereocenters. The molecule has 730 valence electrons. The molecule has 1 saturated carbocycles. The maximum Gasteiger partial charge on any atom is 0.252 e. The van der Waals surface area contributed by atoms with Crippen LogP contribution in [-0.2, 0) is 76.8 Å². The largest absolute Gasteiger partial charge is 0.334 e. The van der Waals surface area contributed by atoms with Crippen LogP contribution in [0.2, 0.25) is 0 Å². The first-order valence-corrected chi connectivity index (χ1v) is 54.4. The lowest BCUT2D eigenvalue weighted by Crippen LogP contribution is -2.62. The van der Waals surface area contributed by atoms with Gasteiger partial charge in [0.05, 0.1) is 16.9 Å². The summed E-state index contributed by atoms with van der Waals surface area (Å²) in [6.07, 6.45) is 9.77. The van der Waals surface area contributed by atoms with Gasteiger partial charge in [-0.05, 0) is 360 Å². The van der Waals surface area contributed by atoms with Gasteiger partial charge in [0.15, 0.2) is 0 Å². The van der Waals surface area contributed by atoms with Crippen LogP contribution < -0.4 is 62.2 Å². The van der Waals surface area contributed by atoms with Crippen LogP contribution in [0.4, 0.5) is 96.7 Å². The predicted molar refractivity (Wildman–Crippen MR) is 619 cm³/mol. The molecule has 5 heterocycles. The number of anilines is 17. The molecule has 10 aliphatic rings. The molecule has 24 rings (SSSR count). The van der Waals surface area contributed by atoms with E-state index in [4.69, 9.17) is 0 Å². The lowest BCUT2D eigenvalue weighted by Gasteiger charge is -2.51. The molecule has 14 aromatic rings. The third-order valence-corrected chi connectivity index (χ3v) is 37.5. The first kappa shape index (κ1) is 94.3. The van der Waals surface area contributed by atoms with E-state index in [0.717, 1.165) is 67.7 Å². The maximum atomic E-state index is 2.86. The Morgan fingerprint density at radius 3 is 1.18 bits per heavy atom. The fourth-order valence-corrected chi connectivity index (χ4v) is 31.1. The third-order valence-electron chi connectivity index (χ3n) is 37.5. The number of nitrogens with zero attached hydrogens (tertiary/aromatic N) is 6. The van der Waals surface area contributed by atoms with Crippen molar-refractivity contribution in [3.63, 3.8) is 0 Å². The summed E-state index contributed by atoms with van der Waals surface area (Å²) in [5.74, 6) is 0. The number of rotatable bonds is 12. The van der Waals surface area contributed by atoms with E-state index in [0.29, 0.717) is 0 Å². The summed E-state index contributed by atoms with van der Waals surface area (Å²) in [5, 5.41) is 0. The van der Waals surface area contributed by atoms with Crippen LogP contribution in [0.15, 0.2) is 273 Å². The Kier molecular flexibility index (Phi) is 20.3. The van der Waals surface area contributed by atoms with Gasteiger partial charge in [0.1, 0.15) is 0 Å².